The Morgan fingerprint density at radius 1 is 1.30 bits per heavy atom. The first kappa shape index (κ1) is 22.5. The van der Waals surface area contributed by atoms with Crippen molar-refractivity contribution in [3.63, 3.8) is 0 Å². The predicted molar refractivity (Wildman–Crippen MR) is 95.2 cm³/mol. The molecule has 0 unspecified atom stereocenters. The topological polar surface area (TPSA) is 153 Å². The molecular formula is C15H22N4O7S. The molecule has 11 nitrogen and oxygen atoms in total. The zero-order chi connectivity index (χ0) is 20.8. The molecule has 1 rings (SSSR count). The maximum atomic E-state index is 12.6. The predicted octanol–water partition coefficient (Wildman–Crippen LogP) is -0.436. The second-order valence-corrected chi connectivity index (χ2v) is 7.63. The molecule has 0 aliphatic heterocycles. The molecule has 1 aromatic carbocycles. The monoisotopic (exact) mass is 402 g/mol. The fourth-order valence-corrected chi connectivity index (χ4v) is 3.56. The van der Waals surface area contributed by atoms with E-state index in [4.69, 9.17) is 10.5 Å². The van der Waals surface area contributed by atoms with Crippen LogP contribution in [-0.2, 0) is 24.3 Å². The highest BCUT2D eigenvalue weighted by Crippen LogP contribution is 2.25. The second kappa shape index (κ2) is 9.39. The lowest BCUT2D eigenvalue weighted by Crippen LogP contribution is -2.50. The number of hydrogen-bond acceptors (Lipinski definition) is 8. The largest absolute Gasteiger partial charge is 0.465 e. The minimum absolute atomic E-state index is 0.157. The fraction of sp³-hybridized carbons (Fsp3) is 0.467. The Bertz CT molecular complexity index is 812. The third kappa shape index (κ3) is 5.70. The third-order valence-electron chi connectivity index (χ3n) is 3.57. The summed E-state index contributed by atoms with van der Waals surface area (Å²) in [7, 11) is -1.77. The van der Waals surface area contributed by atoms with Crippen LogP contribution < -0.4 is 5.73 Å². The summed E-state index contributed by atoms with van der Waals surface area (Å²) >= 11 is 0. The van der Waals surface area contributed by atoms with E-state index in [9.17, 15) is 28.1 Å². The minimum atomic E-state index is -4.25. The summed E-state index contributed by atoms with van der Waals surface area (Å²) in [4.78, 5) is 34.4. The van der Waals surface area contributed by atoms with E-state index in [1.165, 1.54) is 19.2 Å². The van der Waals surface area contributed by atoms with E-state index in [1.807, 2.05) is 0 Å². The van der Waals surface area contributed by atoms with E-state index in [-0.39, 0.29) is 13.2 Å². The molecule has 0 saturated heterocycles. The molecule has 12 heteroatoms. The van der Waals surface area contributed by atoms with Crippen molar-refractivity contribution in [2.45, 2.75) is 17.9 Å². The van der Waals surface area contributed by atoms with Crippen molar-refractivity contribution < 1.29 is 27.7 Å². The van der Waals surface area contributed by atoms with Gasteiger partial charge in [-0.05, 0) is 13.0 Å². The Morgan fingerprint density at radius 2 is 1.89 bits per heavy atom. The van der Waals surface area contributed by atoms with E-state index in [2.05, 4.69) is 0 Å². The van der Waals surface area contributed by atoms with Gasteiger partial charge < -0.3 is 15.4 Å². The number of likely N-dealkylation sites (N-methyl/N-ethyl adjacent to an activating group) is 2. The number of carbonyl (C=O) groups is 2. The highest BCUT2D eigenvalue weighted by atomic mass is 32.2. The number of nitro benzene ring substituents is 1. The molecule has 0 spiro atoms. The van der Waals surface area contributed by atoms with Gasteiger partial charge >= 0.3 is 5.97 Å². The van der Waals surface area contributed by atoms with Gasteiger partial charge in [-0.3, -0.25) is 19.7 Å². The number of para-hydroxylation sites is 1. The first-order valence-electron chi connectivity index (χ1n) is 7.88. The van der Waals surface area contributed by atoms with Crippen LogP contribution in [0, 0.1) is 10.1 Å². The van der Waals surface area contributed by atoms with Gasteiger partial charge in [0.05, 0.1) is 17.6 Å². The maximum Gasteiger partial charge on any atom is 0.325 e. The van der Waals surface area contributed by atoms with Gasteiger partial charge in [0.25, 0.3) is 5.69 Å². The minimum Gasteiger partial charge on any atom is -0.465 e. The molecule has 1 atom stereocenters. The Labute approximate surface area is 156 Å². The smallest absolute Gasteiger partial charge is 0.325 e. The van der Waals surface area contributed by atoms with Crippen LogP contribution in [0.15, 0.2) is 29.2 Å². The zero-order valence-corrected chi connectivity index (χ0v) is 16.0. The molecule has 0 bridgehead atoms. The molecule has 27 heavy (non-hydrogen) atoms. The van der Waals surface area contributed by atoms with Crippen LogP contribution in [0.2, 0.25) is 0 Å². The number of sulfonamides is 1. The number of benzene rings is 1. The lowest BCUT2D eigenvalue weighted by atomic mass is 10.2. The van der Waals surface area contributed by atoms with Crippen molar-refractivity contribution in [2.24, 2.45) is 5.73 Å². The number of hydrogen-bond donors (Lipinski definition) is 1. The molecule has 0 fully saturated rings. The van der Waals surface area contributed by atoms with Crippen molar-refractivity contribution in [3.8, 4) is 0 Å². The van der Waals surface area contributed by atoms with E-state index in [1.54, 1.807) is 6.92 Å². The zero-order valence-electron chi connectivity index (χ0n) is 15.2. The van der Waals surface area contributed by atoms with Gasteiger partial charge in [-0.1, -0.05) is 12.1 Å². The SMILES string of the molecule is CCOC(=O)CN(C)C(=O)[C@@H](N)CN(C)S(=O)(=O)c1ccccc1[N+](=O)[O-]. The van der Waals surface area contributed by atoms with Gasteiger partial charge in [0, 0.05) is 26.7 Å². The summed E-state index contributed by atoms with van der Waals surface area (Å²) in [6.07, 6.45) is 0. The van der Waals surface area contributed by atoms with Gasteiger partial charge in [-0.15, -0.1) is 0 Å². The fourth-order valence-electron chi connectivity index (χ4n) is 2.21. The quantitative estimate of drug-likeness (QED) is 0.331. The molecule has 0 aliphatic rings. The highest BCUT2D eigenvalue weighted by molar-refractivity contribution is 7.89. The summed E-state index contributed by atoms with van der Waals surface area (Å²) in [5.41, 5.74) is 5.18. The van der Waals surface area contributed by atoms with Crippen molar-refractivity contribution in [3.05, 3.63) is 34.4 Å². The number of ether oxygens (including phenoxy) is 1. The van der Waals surface area contributed by atoms with Crippen LogP contribution in [-0.4, -0.2) is 74.3 Å². The van der Waals surface area contributed by atoms with Gasteiger partial charge in [-0.2, -0.15) is 4.31 Å². The van der Waals surface area contributed by atoms with E-state index in [0.29, 0.717) is 0 Å². The van der Waals surface area contributed by atoms with Crippen LogP contribution in [0.1, 0.15) is 6.92 Å². The summed E-state index contributed by atoms with van der Waals surface area (Å²) in [5.74, 6) is -1.30. The number of carbonyl (C=O) groups excluding carboxylic acids is 2. The second-order valence-electron chi connectivity index (χ2n) is 5.62. The summed E-state index contributed by atoms with van der Waals surface area (Å²) in [6.45, 7) is 1.01. The molecule has 1 aromatic rings. The summed E-state index contributed by atoms with van der Waals surface area (Å²) < 4.78 is 30.7. The highest BCUT2D eigenvalue weighted by Gasteiger charge is 2.32. The van der Waals surface area contributed by atoms with E-state index in [0.717, 1.165) is 28.4 Å². The molecular weight excluding hydrogens is 380 g/mol. The number of nitrogens with two attached hydrogens (primary N) is 1. The molecule has 2 N–H and O–H groups in total. The third-order valence-corrected chi connectivity index (χ3v) is 5.44. The number of nitro groups is 1. The molecule has 0 radical (unpaired) electrons. The first-order chi connectivity index (χ1) is 12.5. The molecule has 150 valence electrons. The molecule has 0 saturated carbocycles. The molecule has 0 heterocycles. The average Bonchev–Trinajstić information content (AvgIpc) is 2.60. The first-order valence-corrected chi connectivity index (χ1v) is 9.32. The van der Waals surface area contributed by atoms with Gasteiger partial charge in [0.2, 0.25) is 15.9 Å². The van der Waals surface area contributed by atoms with E-state index >= 15 is 0 Å². The standard InChI is InChI=1S/C15H22N4O7S/c1-4-26-14(20)10-17(2)15(21)11(16)9-18(3)27(24,25)13-8-6-5-7-12(13)19(22)23/h5-8,11H,4,9-10,16H2,1-3H3/t11-/m0/s1. The van der Waals surface area contributed by atoms with Crippen LogP contribution >= 0.6 is 0 Å². The van der Waals surface area contributed by atoms with Gasteiger partial charge in [0.15, 0.2) is 4.90 Å². The number of rotatable bonds is 9. The number of amides is 1. The van der Waals surface area contributed by atoms with Gasteiger partial charge in [0.1, 0.15) is 6.54 Å². The van der Waals surface area contributed by atoms with Crippen molar-refractivity contribution in [1.29, 1.82) is 0 Å². The molecule has 0 aliphatic carbocycles. The van der Waals surface area contributed by atoms with Crippen molar-refractivity contribution in [2.75, 3.05) is 33.8 Å². The lowest BCUT2D eigenvalue weighted by Gasteiger charge is -2.24. The van der Waals surface area contributed by atoms with Gasteiger partial charge in [-0.25, -0.2) is 8.42 Å². The lowest BCUT2D eigenvalue weighted by molar-refractivity contribution is -0.387. The van der Waals surface area contributed by atoms with Crippen molar-refractivity contribution >= 4 is 27.6 Å². The van der Waals surface area contributed by atoms with Crippen LogP contribution in [0.3, 0.4) is 0 Å². The Morgan fingerprint density at radius 3 is 2.44 bits per heavy atom. The molecule has 1 amide bonds. The Hall–Kier alpha value is -2.57. The van der Waals surface area contributed by atoms with Crippen LogP contribution in [0.4, 0.5) is 5.69 Å². The summed E-state index contributed by atoms with van der Waals surface area (Å²) in [6, 6.07) is 3.60. The Balaban J connectivity index is 2.91. The summed E-state index contributed by atoms with van der Waals surface area (Å²) in [5, 5.41) is 11.1. The van der Waals surface area contributed by atoms with Crippen LogP contribution in [0.25, 0.3) is 0 Å². The number of nitrogens with zero attached hydrogens (tertiary/aromatic N) is 3. The number of esters is 1. The Kier molecular flexibility index (Phi) is 7.82. The molecule has 0 aromatic heterocycles. The normalized spacial score (nSPS) is 12.5. The average molecular weight is 402 g/mol. The van der Waals surface area contributed by atoms with E-state index < -0.39 is 50.0 Å². The maximum absolute atomic E-state index is 12.6. The van der Waals surface area contributed by atoms with Crippen molar-refractivity contribution in [1.82, 2.24) is 9.21 Å². The van der Waals surface area contributed by atoms with Crippen LogP contribution in [0.5, 0.6) is 0 Å².